The van der Waals surface area contributed by atoms with Crippen LogP contribution in [-0.2, 0) is 6.54 Å². The summed E-state index contributed by atoms with van der Waals surface area (Å²) in [5, 5.41) is 7.48. The summed E-state index contributed by atoms with van der Waals surface area (Å²) in [5.74, 6) is 0.459. The number of hydrogen-bond donors (Lipinski definition) is 3. The quantitative estimate of drug-likeness (QED) is 0.497. The minimum atomic E-state index is -0.0542. The van der Waals surface area contributed by atoms with E-state index in [0.29, 0.717) is 23.6 Å². The first kappa shape index (κ1) is 12.6. The molecule has 1 aliphatic heterocycles. The Kier molecular flexibility index (Phi) is 2.53. The fourth-order valence-corrected chi connectivity index (χ4v) is 2.72. The maximum absolute atomic E-state index is 12.5. The largest absolute Gasteiger partial charge is 0.384 e. The van der Waals surface area contributed by atoms with E-state index in [1.165, 1.54) is 0 Å². The van der Waals surface area contributed by atoms with Gasteiger partial charge in [-0.2, -0.15) is 0 Å². The van der Waals surface area contributed by atoms with Crippen LogP contribution in [0.5, 0.6) is 0 Å². The molecule has 4 N–H and O–H groups in total. The minimum absolute atomic E-state index is 0.00250. The summed E-state index contributed by atoms with van der Waals surface area (Å²) in [6.07, 6.45) is 0. The van der Waals surface area contributed by atoms with Gasteiger partial charge in [-0.25, -0.2) is 4.98 Å². The highest BCUT2D eigenvalue weighted by Gasteiger charge is 2.29. The van der Waals surface area contributed by atoms with Gasteiger partial charge in [-0.1, -0.05) is 18.2 Å². The van der Waals surface area contributed by atoms with Gasteiger partial charge in [-0.3, -0.25) is 15.1 Å². The fourth-order valence-electron chi connectivity index (χ4n) is 2.72. The van der Waals surface area contributed by atoms with E-state index in [9.17, 15) is 4.79 Å². The lowest BCUT2D eigenvalue weighted by Gasteiger charge is -2.10. The van der Waals surface area contributed by atoms with Crippen LogP contribution in [0.4, 0.5) is 5.95 Å². The van der Waals surface area contributed by atoms with Gasteiger partial charge in [0.25, 0.3) is 5.91 Å². The topological polar surface area (TPSA) is 98.9 Å². The van der Waals surface area contributed by atoms with Crippen molar-refractivity contribution in [1.82, 2.24) is 9.97 Å². The summed E-state index contributed by atoms with van der Waals surface area (Å²) in [6.45, 7) is 0.508. The Bertz CT molecular complexity index is 927. The number of benzene rings is 2. The number of amidine groups is 1. The van der Waals surface area contributed by atoms with Crippen LogP contribution in [0.25, 0.3) is 11.0 Å². The van der Waals surface area contributed by atoms with Crippen molar-refractivity contribution in [2.45, 2.75) is 6.54 Å². The van der Waals surface area contributed by atoms with Gasteiger partial charge in [-0.05, 0) is 29.8 Å². The Morgan fingerprint density at radius 2 is 2.09 bits per heavy atom. The third-order valence-corrected chi connectivity index (χ3v) is 3.86. The van der Waals surface area contributed by atoms with Crippen molar-refractivity contribution in [2.24, 2.45) is 5.73 Å². The van der Waals surface area contributed by atoms with Crippen LogP contribution in [0.3, 0.4) is 0 Å². The van der Waals surface area contributed by atoms with E-state index in [1.807, 2.05) is 24.3 Å². The molecular weight excluding hydrogens is 278 g/mol. The molecule has 6 nitrogen and oxygen atoms in total. The number of hydrogen-bond acceptors (Lipinski definition) is 3. The van der Waals surface area contributed by atoms with Gasteiger partial charge in [0.05, 0.1) is 17.6 Å². The monoisotopic (exact) mass is 291 g/mol. The number of carbonyl (C=O) groups is 1. The Hall–Kier alpha value is -3.15. The highest BCUT2D eigenvalue weighted by molar-refractivity contribution is 6.09. The number of imidazole rings is 1. The number of nitrogens with zero attached hydrogens (tertiary/aromatic N) is 2. The molecule has 6 heteroatoms. The van der Waals surface area contributed by atoms with Crippen molar-refractivity contribution in [1.29, 1.82) is 5.41 Å². The molecule has 0 saturated carbocycles. The lowest BCUT2D eigenvalue weighted by atomic mass is 10.1. The van der Waals surface area contributed by atoms with E-state index in [-0.39, 0.29) is 11.7 Å². The molecular formula is C16H13N5O. The van der Waals surface area contributed by atoms with Crippen molar-refractivity contribution in [3.05, 3.63) is 59.2 Å². The van der Waals surface area contributed by atoms with E-state index in [0.717, 1.165) is 16.6 Å². The smallest absolute Gasteiger partial charge is 0.261 e. The van der Waals surface area contributed by atoms with Crippen molar-refractivity contribution in [3.63, 3.8) is 0 Å². The van der Waals surface area contributed by atoms with Crippen LogP contribution >= 0.6 is 0 Å². The van der Waals surface area contributed by atoms with Crippen molar-refractivity contribution < 1.29 is 4.79 Å². The zero-order valence-corrected chi connectivity index (χ0v) is 11.6. The molecule has 2 aromatic carbocycles. The van der Waals surface area contributed by atoms with Gasteiger partial charge in [0.1, 0.15) is 5.84 Å². The fraction of sp³-hybridized carbons (Fsp3) is 0.0625. The van der Waals surface area contributed by atoms with Crippen LogP contribution in [0.2, 0.25) is 0 Å². The maximum atomic E-state index is 12.5. The van der Waals surface area contributed by atoms with Gasteiger partial charge in [0.2, 0.25) is 5.95 Å². The molecule has 4 rings (SSSR count). The number of amides is 1. The van der Waals surface area contributed by atoms with Crippen LogP contribution in [-0.4, -0.2) is 21.7 Å². The Balaban J connectivity index is 1.77. The molecule has 0 radical (unpaired) electrons. The molecule has 3 aromatic rings. The Labute approximate surface area is 126 Å². The summed E-state index contributed by atoms with van der Waals surface area (Å²) in [6, 6.07) is 12.9. The van der Waals surface area contributed by atoms with E-state index >= 15 is 0 Å². The second-order valence-electron chi connectivity index (χ2n) is 5.25. The molecule has 1 aromatic heterocycles. The molecule has 0 spiro atoms. The first-order valence-electron chi connectivity index (χ1n) is 6.87. The zero-order valence-electron chi connectivity index (χ0n) is 11.6. The number of nitrogens with two attached hydrogens (primary N) is 1. The number of rotatable bonds is 2. The molecule has 0 fully saturated rings. The summed E-state index contributed by atoms with van der Waals surface area (Å²) < 4.78 is 0. The summed E-state index contributed by atoms with van der Waals surface area (Å²) in [5.41, 5.74) is 9.33. The predicted octanol–water partition coefficient (Wildman–Crippen LogP) is 2.01. The molecule has 22 heavy (non-hydrogen) atoms. The summed E-state index contributed by atoms with van der Waals surface area (Å²) in [7, 11) is 0. The predicted molar refractivity (Wildman–Crippen MR) is 84.1 cm³/mol. The van der Waals surface area contributed by atoms with Gasteiger partial charge in [0.15, 0.2) is 0 Å². The number of aromatic amines is 1. The van der Waals surface area contributed by atoms with Gasteiger partial charge in [0, 0.05) is 11.1 Å². The molecule has 0 bridgehead atoms. The van der Waals surface area contributed by atoms with E-state index < -0.39 is 0 Å². The first-order valence-corrected chi connectivity index (χ1v) is 6.87. The van der Waals surface area contributed by atoms with Crippen LogP contribution < -0.4 is 10.6 Å². The number of nitrogen functional groups attached to an aromatic ring is 1. The van der Waals surface area contributed by atoms with E-state index in [4.69, 9.17) is 11.1 Å². The van der Waals surface area contributed by atoms with Gasteiger partial charge < -0.3 is 10.7 Å². The third-order valence-electron chi connectivity index (χ3n) is 3.86. The number of nitrogens with one attached hydrogen (secondary N) is 2. The van der Waals surface area contributed by atoms with Gasteiger partial charge >= 0.3 is 0 Å². The van der Waals surface area contributed by atoms with Crippen LogP contribution in [0, 0.1) is 5.41 Å². The molecule has 1 aliphatic rings. The number of H-pyrrole nitrogens is 1. The molecule has 0 unspecified atom stereocenters. The van der Waals surface area contributed by atoms with Gasteiger partial charge in [-0.15, -0.1) is 0 Å². The van der Waals surface area contributed by atoms with E-state index in [1.54, 1.807) is 23.1 Å². The second kappa shape index (κ2) is 4.42. The SMILES string of the molecule is N=C(N)c1ccc2nc(N3Cc4ccccc4C3=O)[nH]c2c1. The van der Waals surface area contributed by atoms with Crippen molar-refractivity contribution in [2.75, 3.05) is 4.90 Å². The maximum Gasteiger partial charge on any atom is 0.261 e. The van der Waals surface area contributed by atoms with Crippen LogP contribution in [0.15, 0.2) is 42.5 Å². The zero-order chi connectivity index (χ0) is 15.3. The summed E-state index contributed by atoms with van der Waals surface area (Å²) >= 11 is 0. The Morgan fingerprint density at radius 3 is 2.86 bits per heavy atom. The average Bonchev–Trinajstić information content (AvgIpc) is 3.08. The number of aromatic nitrogens is 2. The average molecular weight is 291 g/mol. The number of fused-ring (bicyclic) bond motifs is 2. The molecule has 0 saturated heterocycles. The standard InChI is InChI=1S/C16H13N5O/c17-14(18)9-5-6-12-13(7-9)20-16(19-12)21-8-10-3-1-2-4-11(10)15(21)22/h1-7H,8H2,(H3,17,18)(H,19,20). The lowest BCUT2D eigenvalue weighted by molar-refractivity contribution is 0.0995. The number of carbonyl (C=O) groups excluding carboxylic acids is 1. The Morgan fingerprint density at radius 1 is 1.27 bits per heavy atom. The van der Waals surface area contributed by atoms with Crippen molar-refractivity contribution in [3.8, 4) is 0 Å². The lowest BCUT2D eigenvalue weighted by Crippen LogP contribution is -2.24. The molecule has 0 atom stereocenters. The van der Waals surface area contributed by atoms with Crippen molar-refractivity contribution >= 4 is 28.7 Å². The van der Waals surface area contributed by atoms with E-state index in [2.05, 4.69) is 9.97 Å². The first-order chi connectivity index (χ1) is 10.6. The number of anilines is 1. The molecule has 1 amide bonds. The highest BCUT2D eigenvalue weighted by atomic mass is 16.2. The normalized spacial score (nSPS) is 13.6. The summed E-state index contributed by atoms with van der Waals surface area (Å²) in [4.78, 5) is 21.7. The molecule has 108 valence electrons. The molecule has 2 heterocycles. The third kappa shape index (κ3) is 1.77. The second-order valence-corrected chi connectivity index (χ2v) is 5.25. The highest BCUT2D eigenvalue weighted by Crippen LogP contribution is 2.28. The molecule has 0 aliphatic carbocycles. The van der Waals surface area contributed by atoms with Crippen LogP contribution in [0.1, 0.15) is 21.5 Å². The minimum Gasteiger partial charge on any atom is -0.384 e.